The van der Waals surface area contributed by atoms with Gasteiger partial charge in [0.15, 0.2) is 0 Å². The molecule has 0 aliphatic heterocycles. The zero-order valence-electron chi connectivity index (χ0n) is 10.2. The highest BCUT2D eigenvalue weighted by molar-refractivity contribution is 6.33. The van der Waals surface area contributed by atoms with E-state index in [2.05, 4.69) is 0 Å². The number of nitrogens with two attached hydrogens (primary N) is 1. The van der Waals surface area contributed by atoms with E-state index in [4.69, 9.17) is 33.7 Å². The summed E-state index contributed by atoms with van der Waals surface area (Å²) in [6.45, 7) is -0.0803. The molecule has 2 N–H and O–H groups in total. The van der Waals surface area contributed by atoms with E-state index in [9.17, 15) is 9.18 Å². The van der Waals surface area contributed by atoms with E-state index >= 15 is 0 Å². The minimum absolute atomic E-state index is 0.0803. The van der Waals surface area contributed by atoms with Gasteiger partial charge in [-0.25, -0.2) is 9.18 Å². The van der Waals surface area contributed by atoms with Crippen LogP contribution in [-0.2, 0) is 11.3 Å². The Bertz CT molecular complexity index is 662. The number of benzene rings is 2. The van der Waals surface area contributed by atoms with Crippen LogP contribution in [0.3, 0.4) is 0 Å². The summed E-state index contributed by atoms with van der Waals surface area (Å²) in [5.41, 5.74) is 6.66. The van der Waals surface area contributed by atoms with Gasteiger partial charge in [-0.05, 0) is 30.3 Å². The second kappa shape index (κ2) is 6.11. The molecule has 0 unspecified atom stereocenters. The maximum atomic E-state index is 12.9. The summed E-state index contributed by atoms with van der Waals surface area (Å²) in [7, 11) is 0. The van der Waals surface area contributed by atoms with Crippen molar-refractivity contribution < 1.29 is 13.9 Å². The molecule has 0 aliphatic carbocycles. The second-order valence-electron chi connectivity index (χ2n) is 4.05. The van der Waals surface area contributed by atoms with Gasteiger partial charge in [-0.15, -0.1) is 0 Å². The Morgan fingerprint density at radius 2 is 1.90 bits per heavy atom. The maximum absolute atomic E-state index is 12.9. The van der Waals surface area contributed by atoms with Crippen LogP contribution in [0.1, 0.15) is 15.9 Å². The van der Waals surface area contributed by atoms with Crippen molar-refractivity contribution in [2.24, 2.45) is 0 Å². The van der Waals surface area contributed by atoms with Crippen molar-refractivity contribution in [2.75, 3.05) is 5.73 Å². The predicted molar refractivity (Wildman–Crippen MR) is 76.4 cm³/mol. The van der Waals surface area contributed by atoms with E-state index in [1.165, 1.54) is 24.3 Å². The quantitative estimate of drug-likeness (QED) is 0.686. The number of hydrogen-bond donors (Lipinski definition) is 1. The fourth-order valence-corrected chi connectivity index (χ4v) is 1.98. The lowest BCUT2D eigenvalue weighted by molar-refractivity contribution is 0.0473. The zero-order chi connectivity index (χ0) is 14.7. The van der Waals surface area contributed by atoms with Crippen molar-refractivity contribution >= 4 is 34.9 Å². The standard InChI is InChI=1S/C14H10Cl2FNO2/c15-12-4-3-10(18)6-11(12)14(19)20-7-8-1-2-9(17)5-13(8)16/h1-6H,7,18H2. The number of carbonyl (C=O) groups excluding carboxylic acids is 1. The minimum atomic E-state index is -0.623. The van der Waals surface area contributed by atoms with Gasteiger partial charge in [0.05, 0.1) is 15.6 Å². The van der Waals surface area contributed by atoms with Gasteiger partial charge in [0.1, 0.15) is 12.4 Å². The molecule has 0 radical (unpaired) electrons. The number of carbonyl (C=O) groups is 1. The Morgan fingerprint density at radius 1 is 1.15 bits per heavy atom. The number of anilines is 1. The lowest BCUT2D eigenvalue weighted by atomic mass is 10.2. The van der Waals surface area contributed by atoms with Crippen molar-refractivity contribution in [3.05, 3.63) is 63.4 Å². The molecule has 0 spiro atoms. The fraction of sp³-hybridized carbons (Fsp3) is 0.0714. The number of ether oxygens (including phenoxy) is 1. The Morgan fingerprint density at radius 3 is 2.60 bits per heavy atom. The van der Waals surface area contributed by atoms with Gasteiger partial charge in [-0.3, -0.25) is 0 Å². The molecule has 0 saturated heterocycles. The van der Waals surface area contributed by atoms with E-state index in [-0.39, 0.29) is 22.2 Å². The molecule has 0 heterocycles. The summed E-state index contributed by atoms with van der Waals surface area (Å²) < 4.78 is 18.0. The van der Waals surface area contributed by atoms with Crippen molar-refractivity contribution in [3.63, 3.8) is 0 Å². The first-order chi connectivity index (χ1) is 9.47. The zero-order valence-corrected chi connectivity index (χ0v) is 11.7. The van der Waals surface area contributed by atoms with Crippen LogP contribution in [0.5, 0.6) is 0 Å². The first kappa shape index (κ1) is 14.6. The summed E-state index contributed by atoms with van der Waals surface area (Å²) in [4.78, 5) is 11.9. The van der Waals surface area contributed by atoms with Gasteiger partial charge in [0, 0.05) is 11.3 Å². The van der Waals surface area contributed by atoms with E-state index < -0.39 is 11.8 Å². The Labute approximate surface area is 125 Å². The average Bonchev–Trinajstić information content (AvgIpc) is 2.40. The highest BCUT2D eigenvalue weighted by Gasteiger charge is 2.13. The van der Waals surface area contributed by atoms with Crippen LogP contribution >= 0.6 is 23.2 Å². The van der Waals surface area contributed by atoms with Gasteiger partial charge in [0.2, 0.25) is 0 Å². The molecule has 3 nitrogen and oxygen atoms in total. The third-order valence-corrected chi connectivity index (χ3v) is 3.27. The van der Waals surface area contributed by atoms with Crippen LogP contribution < -0.4 is 5.73 Å². The van der Waals surface area contributed by atoms with Crippen molar-refractivity contribution in [2.45, 2.75) is 6.61 Å². The van der Waals surface area contributed by atoms with E-state index in [0.717, 1.165) is 6.07 Å². The molecular weight excluding hydrogens is 304 g/mol. The smallest absolute Gasteiger partial charge is 0.340 e. The maximum Gasteiger partial charge on any atom is 0.340 e. The summed E-state index contributed by atoms with van der Waals surface area (Å²) in [5.74, 6) is -1.08. The first-order valence-electron chi connectivity index (χ1n) is 5.63. The first-order valence-corrected chi connectivity index (χ1v) is 6.39. The molecule has 6 heteroatoms. The second-order valence-corrected chi connectivity index (χ2v) is 4.87. The van der Waals surface area contributed by atoms with Crippen LogP contribution in [0.2, 0.25) is 10.0 Å². The molecule has 0 aliphatic rings. The number of hydrogen-bond acceptors (Lipinski definition) is 3. The molecule has 0 bridgehead atoms. The monoisotopic (exact) mass is 313 g/mol. The molecule has 2 aromatic carbocycles. The van der Waals surface area contributed by atoms with E-state index in [1.807, 2.05) is 0 Å². The van der Waals surface area contributed by atoms with Crippen LogP contribution in [0, 0.1) is 5.82 Å². The summed E-state index contributed by atoms with van der Waals surface area (Å²) in [6, 6.07) is 8.36. The molecule has 20 heavy (non-hydrogen) atoms. The van der Waals surface area contributed by atoms with Crippen molar-refractivity contribution in [3.8, 4) is 0 Å². The molecule has 104 valence electrons. The normalized spacial score (nSPS) is 10.3. The van der Waals surface area contributed by atoms with Crippen LogP contribution in [0.15, 0.2) is 36.4 Å². The highest BCUT2D eigenvalue weighted by Crippen LogP contribution is 2.22. The number of esters is 1. The fourth-order valence-electron chi connectivity index (χ4n) is 1.56. The topological polar surface area (TPSA) is 52.3 Å². The molecule has 2 rings (SSSR count). The number of rotatable bonds is 3. The Hall–Kier alpha value is -1.78. The molecular formula is C14H10Cl2FNO2. The van der Waals surface area contributed by atoms with Crippen LogP contribution in [0.25, 0.3) is 0 Å². The molecule has 0 saturated carbocycles. The number of halogens is 3. The SMILES string of the molecule is Nc1ccc(Cl)c(C(=O)OCc2ccc(F)cc2Cl)c1. The predicted octanol–water partition coefficient (Wildman–Crippen LogP) is 4.07. The summed E-state index contributed by atoms with van der Waals surface area (Å²) in [5, 5.41) is 0.436. The largest absolute Gasteiger partial charge is 0.457 e. The highest BCUT2D eigenvalue weighted by atomic mass is 35.5. The van der Waals surface area contributed by atoms with E-state index in [0.29, 0.717) is 11.3 Å². The summed E-state index contributed by atoms with van der Waals surface area (Å²) in [6.07, 6.45) is 0. The van der Waals surface area contributed by atoms with Gasteiger partial charge < -0.3 is 10.5 Å². The molecule has 0 aromatic heterocycles. The Kier molecular flexibility index (Phi) is 4.47. The van der Waals surface area contributed by atoms with Gasteiger partial charge in [-0.1, -0.05) is 29.3 Å². The Balaban J connectivity index is 2.10. The summed E-state index contributed by atoms with van der Waals surface area (Å²) >= 11 is 11.7. The third-order valence-electron chi connectivity index (χ3n) is 2.58. The van der Waals surface area contributed by atoms with Crippen molar-refractivity contribution in [1.82, 2.24) is 0 Å². The van der Waals surface area contributed by atoms with E-state index in [1.54, 1.807) is 6.07 Å². The lowest BCUT2D eigenvalue weighted by Crippen LogP contribution is -2.07. The number of nitrogen functional groups attached to an aromatic ring is 1. The molecule has 0 fully saturated rings. The van der Waals surface area contributed by atoms with Crippen molar-refractivity contribution in [1.29, 1.82) is 0 Å². The minimum Gasteiger partial charge on any atom is -0.457 e. The molecule has 0 amide bonds. The van der Waals surface area contributed by atoms with Crippen LogP contribution in [0.4, 0.5) is 10.1 Å². The van der Waals surface area contributed by atoms with Gasteiger partial charge in [0.25, 0.3) is 0 Å². The molecule has 0 atom stereocenters. The van der Waals surface area contributed by atoms with Gasteiger partial charge >= 0.3 is 5.97 Å². The third kappa shape index (κ3) is 3.40. The van der Waals surface area contributed by atoms with Crippen LogP contribution in [-0.4, -0.2) is 5.97 Å². The van der Waals surface area contributed by atoms with Gasteiger partial charge in [-0.2, -0.15) is 0 Å². The molecule has 2 aromatic rings. The average molecular weight is 314 g/mol. The lowest BCUT2D eigenvalue weighted by Gasteiger charge is -2.08.